The lowest BCUT2D eigenvalue weighted by Crippen LogP contribution is -2.60. The Balaban J connectivity index is 5.48. The zero-order valence-corrected chi connectivity index (χ0v) is 17.3. The number of rotatable bonds is 15. The van der Waals surface area contributed by atoms with Gasteiger partial charge in [-0.1, -0.05) is 0 Å². The largest absolute Gasteiger partial charge is 0.481 e. The van der Waals surface area contributed by atoms with Crippen LogP contribution in [0.15, 0.2) is 0 Å². The van der Waals surface area contributed by atoms with Gasteiger partial charge in [-0.15, -0.1) is 0 Å². The second-order valence-electron chi connectivity index (χ2n) is 6.91. The van der Waals surface area contributed by atoms with Crippen molar-refractivity contribution in [2.75, 3.05) is 6.61 Å². The van der Waals surface area contributed by atoms with Gasteiger partial charge in [-0.25, -0.2) is 4.79 Å². The lowest BCUT2D eigenvalue weighted by Gasteiger charge is -2.26. The number of carbonyl (C=O) groups excluding carboxylic acids is 4. The summed E-state index contributed by atoms with van der Waals surface area (Å²) in [7, 11) is 0. The molecule has 0 spiro atoms. The maximum atomic E-state index is 12.5. The lowest BCUT2D eigenvalue weighted by atomic mass is 10.1. The van der Waals surface area contributed by atoms with Gasteiger partial charge < -0.3 is 47.8 Å². The lowest BCUT2D eigenvalue weighted by molar-refractivity contribution is -0.143. The van der Waals surface area contributed by atoms with E-state index in [0.29, 0.717) is 0 Å². The summed E-state index contributed by atoms with van der Waals surface area (Å²) < 4.78 is 0. The number of carbonyl (C=O) groups is 6. The summed E-state index contributed by atoms with van der Waals surface area (Å²) in [5, 5.41) is 43.1. The maximum Gasteiger partial charge on any atom is 0.326 e. The van der Waals surface area contributed by atoms with Gasteiger partial charge in [-0.3, -0.25) is 24.0 Å². The van der Waals surface area contributed by atoms with E-state index < -0.39 is 85.3 Å². The van der Waals surface area contributed by atoms with Crippen LogP contribution in [0.5, 0.6) is 0 Å². The molecule has 0 aliphatic carbocycles. The van der Waals surface area contributed by atoms with Crippen LogP contribution in [0.4, 0.5) is 0 Å². The summed E-state index contributed by atoms with van der Waals surface area (Å²) in [6, 6.07) is -6.12. The van der Waals surface area contributed by atoms with Crippen molar-refractivity contribution in [3.05, 3.63) is 0 Å². The molecule has 0 aromatic carbocycles. The molecule has 0 heterocycles. The fourth-order valence-corrected chi connectivity index (χ4v) is 2.36. The Kier molecular flexibility index (Phi) is 12.5. The van der Waals surface area contributed by atoms with Crippen LogP contribution in [-0.2, 0) is 28.8 Å². The Labute approximate surface area is 182 Å². The molecule has 11 N–H and O–H groups in total. The molecule has 0 bridgehead atoms. The van der Waals surface area contributed by atoms with E-state index in [2.05, 4.69) is 16.0 Å². The van der Waals surface area contributed by atoms with Crippen molar-refractivity contribution in [3.8, 4) is 0 Å². The molecular weight excluding hydrogens is 434 g/mol. The number of hydrogen-bond donors (Lipinski definition) is 9. The van der Waals surface area contributed by atoms with E-state index in [1.165, 1.54) is 0 Å². The van der Waals surface area contributed by atoms with Gasteiger partial charge in [0.05, 0.1) is 12.7 Å². The van der Waals surface area contributed by atoms with Crippen LogP contribution in [-0.4, -0.2) is 92.9 Å². The highest BCUT2D eigenvalue weighted by Crippen LogP contribution is 2.04. The monoisotopic (exact) mass is 463 g/mol. The van der Waals surface area contributed by atoms with Crippen LogP contribution in [0.2, 0.25) is 0 Å². The van der Waals surface area contributed by atoms with Crippen LogP contribution in [0.3, 0.4) is 0 Å². The molecule has 0 saturated heterocycles. The highest BCUT2D eigenvalue weighted by Gasteiger charge is 2.32. The van der Waals surface area contributed by atoms with Crippen molar-refractivity contribution >= 4 is 35.6 Å². The summed E-state index contributed by atoms with van der Waals surface area (Å²) in [4.78, 5) is 70.0. The molecule has 0 rings (SSSR count). The predicted molar refractivity (Wildman–Crippen MR) is 105 cm³/mol. The first-order chi connectivity index (χ1) is 14.8. The van der Waals surface area contributed by atoms with E-state index in [9.17, 15) is 39.0 Å². The minimum absolute atomic E-state index is 0.346. The van der Waals surface area contributed by atoms with Crippen molar-refractivity contribution in [2.24, 2.45) is 11.5 Å². The normalized spacial score (nSPS) is 15.4. The molecule has 0 saturated carbocycles. The third-order valence-corrected chi connectivity index (χ3v) is 4.17. The highest BCUT2D eigenvalue weighted by atomic mass is 16.4. The number of amides is 4. The summed E-state index contributed by atoms with van der Waals surface area (Å²) in [6.07, 6.45) is -3.22. The van der Waals surface area contributed by atoms with E-state index in [0.717, 1.165) is 6.92 Å². The first kappa shape index (κ1) is 28.7. The third kappa shape index (κ3) is 10.6. The second kappa shape index (κ2) is 13.9. The van der Waals surface area contributed by atoms with Gasteiger partial charge in [0.15, 0.2) is 0 Å². The Morgan fingerprint density at radius 3 is 1.81 bits per heavy atom. The van der Waals surface area contributed by atoms with Gasteiger partial charge in [-0.2, -0.15) is 0 Å². The van der Waals surface area contributed by atoms with Crippen LogP contribution in [0.25, 0.3) is 0 Å². The molecule has 0 aromatic rings. The van der Waals surface area contributed by atoms with E-state index in [-0.39, 0.29) is 12.8 Å². The highest BCUT2D eigenvalue weighted by molar-refractivity contribution is 5.94. The Bertz CT molecular complexity index is 714. The molecule has 32 heavy (non-hydrogen) atoms. The smallest absolute Gasteiger partial charge is 0.326 e. The zero-order valence-electron chi connectivity index (χ0n) is 17.3. The Morgan fingerprint density at radius 2 is 1.38 bits per heavy atom. The molecule has 4 amide bonds. The first-order valence-corrected chi connectivity index (χ1v) is 9.48. The van der Waals surface area contributed by atoms with E-state index in [1.807, 2.05) is 0 Å². The average Bonchev–Trinajstić information content (AvgIpc) is 2.70. The Hall–Kier alpha value is -3.30. The fourth-order valence-electron chi connectivity index (χ4n) is 2.36. The van der Waals surface area contributed by atoms with Crippen molar-refractivity contribution in [1.29, 1.82) is 0 Å². The predicted octanol–water partition coefficient (Wildman–Crippen LogP) is -4.64. The third-order valence-electron chi connectivity index (χ3n) is 4.17. The number of aliphatic hydroxyl groups is 2. The van der Waals surface area contributed by atoms with Crippen LogP contribution < -0.4 is 27.4 Å². The number of primary amides is 1. The number of nitrogens with two attached hydrogens (primary N) is 2. The summed E-state index contributed by atoms with van der Waals surface area (Å²) in [6.45, 7) is 0.400. The summed E-state index contributed by atoms with van der Waals surface area (Å²) in [5.74, 6) is -6.74. The molecule has 0 aromatic heterocycles. The molecule has 15 heteroatoms. The Morgan fingerprint density at radius 1 is 0.844 bits per heavy atom. The van der Waals surface area contributed by atoms with Crippen LogP contribution in [0, 0.1) is 0 Å². The van der Waals surface area contributed by atoms with Gasteiger partial charge in [0.2, 0.25) is 23.6 Å². The number of carboxylic acids is 2. The van der Waals surface area contributed by atoms with Gasteiger partial charge in [-0.05, 0) is 19.8 Å². The second-order valence-corrected chi connectivity index (χ2v) is 6.91. The molecule has 15 nitrogen and oxygen atoms in total. The average molecular weight is 463 g/mol. The molecule has 182 valence electrons. The number of aliphatic hydroxyl groups excluding tert-OH is 2. The topological polar surface area (TPSA) is 271 Å². The molecule has 0 aliphatic heterocycles. The maximum absolute atomic E-state index is 12.5. The van der Waals surface area contributed by atoms with Gasteiger partial charge in [0, 0.05) is 12.8 Å². The van der Waals surface area contributed by atoms with E-state index >= 15 is 0 Å². The van der Waals surface area contributed by atoms with E-state index in [4.69, 9.17) is 21.7 Å². The fraction of sp³-hybridized carbons (Fsp3) is 0.647. The van der Waals surface area contributed by atoms with Crippen LogP contribution in [0.1, 0.15) is 32.6 Å². The minimum atomic E-state index is -1.62. The van der Waals surface area contributed by atoms with Gasteiger partial charge in [0.25, 0.3) is 0 Å². The number of hydrogen-bond acceptors (Lipinski definition) is 9. The van der Waals surface area contributed by atoms with E-state index in [1.54, 1.807) is 0 Å². The quantitative estimate of drug-likeness (QED) is 0.111. The molecular formula is C17H29N5O10. The summed E-state index contributed by atoms with van der Waals surface area (Å²) >= 11 is 0. The van der Waals surface area contributed by atoms with Gasteiger partial charge >= 0.3 is 11.9 Å². The standard InChI is InChI=1S/C17H29N5O10/c1-7(24)13(22-14(28)8(18)6-23)16(30)20-9(3-5-12(26)27)15(29)21-10(17(31)32)2-4-11(19)25/h7-10,13,23-24H,2-6,18H2,1H3,(H2,19,25)(H,20,30)(H,21,29)(H,22,28)(H,26,27)(H,31,32). The number of carboxylic acid groups (broad SMARTS) is 2. The number of nitrogens with one attached hydrogen (secondary N) is 3. The van der Waals surface area contributed by atoms with Crippen molar-refractivity contribution in [2.45, 2.75) is 62.9 Å². The van der Waals surface area contributed by atoms with Crippen LogP contribution >= 0.6 is 0 Å². The van der Waals surface area contributed by atoms with Crippen molar-refractivity contribution in [1.82, 2.24) is 16.0 Å². The molecule has 5 unspecified atom stereocenters. The van der Waals surface area contributed by atoms with Crippen molar-refractivity contribution in [3.63, 3.8) is 0 Å². The number of aliphatic carboxylic acids is 2. The summed E-state index contributed by atoms with van der Waals surface area (Å²) in [5.41, 5.74) is 10.3. The first-order valence-electron chi connectivity index (χ1n) is 9.48. The zero-order chi connectivity index (χ0) is 25.0. The van der Waals surface area contributed by atoms with Gasteiger partial charge in [0.1, 0.15) is 24.2 Å². The SMILES string of the molecule is CC(O)C(NC(=O)C(N)CO)C(=O)NC(CCC(=O)O)C(=O)NC(CCC(N)=O)C(=O)O. The minimum Gasteiger partial charge on any atom is -0.481 e. The molecule has 5 atom stereocenters. The molecule has 0 fully saturated rings. The molecule has 0 aliphatic rings. The van der Waals surface area contributed by atoms with Crippen molar-refractivity contribution < 1.29 is 49.2 Å². The molecule has 0 radical (unpaired) electrons.